The van der Waals surface area contributed by atoms with Crippen molar-refractivity contribution in [3.63, 3.8) is 0 Å². The van der Waals surface area contributed by atoms with E-state index in [0.717, 1.165) is 24.0 Å². The summed E-state index contributed by atoms with van der Waals surface area (Å²) in [7, 11) is 1.37. The van der Waals surface area contributed by atoms with Crippen LogP contribution >= 0.6 is 0 Å². The summed E-state index contributed by atoms with van der Waals surface area (Å²) in [6.07, 6.45) is 3.00. The maximum Gasteiger partial charge on any atom is 0.328 e. The minimum Gasteiger partial charge on any atom is -0.467 e. The second-order valence-corrected chi connectivity index (χ2v) is 5.68. The van der Waals surface area contributed by atoms with E-state index in [-0.39, 0.29) is 17.9 Å². The monoisotopic (exact) mass is 285 g/mol. The summed E-state index contributed by atoms with van der Waals surface area (Å²) in [6.45, 7) is 3.92. The van der Waals surface area contributed by atoms with Gasteiger partial charge in [0.1, 0.15) is 6.04 Å². The van der Waals surface area contributed by atoms with Crippen LogP contribution in [-0.2, 0) is 20.7 Å². The fourth-order valence-corrected chi connectivity index (χ4v) is 3.46. The molecule has 3 rings (SSSR count). The molecule has 2 aliphatic rings. The molecule has 0 aliphatic carbocycles. The molecule has 0 aromatic heterocycles. The van der Waals surface area contributed by atoms with Crippen molar-refractivity contribution in [2.45, 2.75) is 37.8 Å². The Morgan fingerprint density at radius 2 is 2.10 bits per heavy atom. The Labute approximate surface area is 124 Å². The number of esters is 1. The molecule has 4 heteroatoms. The van der Waals surface area contributed by atoms with Gasteiger partial charge in [-0.3, -0.25) is 4.79 Å². The molecule has 1 saturated heterocycles. The van der Waals surface area contributed by atoms with Crippen molar-refractivity contribution in [3.05, 3.63) is 47.5 Å². The molecule has 2 heterocycles. The van der Waals surface area contributed by atoms with Gasteiger partial charge in [-0.05, 0) is 30.4 Å². The molecule has 1 amide bonds. The third-order valence-electron chi connectivity index (χ3n) is 4.45. The quantitative estimate of drug-likeness (QED) is 0.588. The lowest BCUT2D eigenvalue weighted by Gasteiger charge is -2.40. The highest BCUT2D eigenvalue weighted by molar-refractivity contribution is 5.97. The van der Waals surface area contributed by atoms with Crippen LogP contribution in [0.4, 0.5) is 0 Å². The highest BCUT2D eigenvalue weighted by Gasteiger charge is 2.42. The van der Waals surface area contributed by atoms with Crippen molar-refractivity contribution in [1.29, 1.82) is 0 Å². The lowest BCUT2D eigenvalue weighted by Crippen LogP contribution is -2.49. The summed E-state index contributed by atoms with van der Waals surface area (Å²) in [5, 5.41) is 0. The molecule has 1 fully saturated rings. The van der Waals surface area contributed by atoms with Gasteiger partial charge in [0.25, 0.3) is 5.91 Å². The van der Waals surface area contributed by atoms with Gasteiger partial charge in [-0.1, -0.05) is 30.8 Å². The van der Waals surface area contributed by atoms with Crippen LogP contribution in [0, 0.1) is 0 Å². The van der Waals surface area contributed by atoms with Crippen LogP contribution in [0.3, 0.4) is 0 Å². The minimum absolute atomic E-state index is 0.0502. The fraction of sp³-hybridized carbons (Fsp3) is 0.412. The molecule has 21 heavy (non-hydrogen) atoms. The van der Waals surface area contributed by atoms with Crippen LogP contribution in [0.25, 0.3) is 0 Å². The average Bonchev–Trinajstić information content (AvgIpc) is 2.63. The standard InChI is InChI=1S/C17H19NO3/c1-11-10-12-6-3-4-7-13(12)14-8-5-9-15(17(20)21-2)18(14)16(11)19/h3-4,6-7,14-15H,1,5,8-10H2,2H3/t14?,15-/m0/s1. The number of hydrogen-bond acceptors (Lipinski definition) is 3. The number of nitrogens with zero attached hydrogens (tertiary/aromatic N) is 1. The van der Waals surface area contributed by atoms with Crippen LogP contribution in [0.2, 0.25) is 0 Å². The van der Waals surface area contributed by atoms with E-state index in [4.69, 9.17) is 4.74 Å². The molecule has 0 saturated carbocycles. The van der Waals surface area contributed by atoms with Gasteiger partial charge in [-0.15, -0.1) is 0 Å². The molecule has 1 aromatic carbocycles. The molecule has 1 unspecified atom stereocenters. The largest absolute Gasteiger partial charge is 0.467 e. The Kier molecular flexibility index (Phi) is 3.53. The summed E-state index contributed by atoms with van der Waals surface area (Å²) in [6, 6.07) is 7.51. The molecule has 110 valence electrons. The predicted molar refractivity (Wildman–Crippen MR) is 78.5 cm³/mol. The second kappa shape index (κ2) is 5.35. The molecule has 0 bridgehead atoms. The van der Waals surface area contributed by atoms with E-state index in [2.05, 4.69) is 12.6 Å². The zero-order chi connectivity index (χ0) is 15.0. The van der Waals surface area contributed by atoms with Crippen molar-refractivity contribution in [2.24, 2.45) is 0 Å². The van der Waals surface area contributed by atoms with Crippen LogP contribution in [0.5, 0.6) is 0 Å². The molecule has 2 atom stereocenters. The third-order valence-corrected chi connectivity index (χ3v) is 4.45. The average molecular weight is 285 g/mol. The number of fused-ring (bicyclic) bond motifs is 3. The van der Waals surface area contributed by atoms with Crippen LogP contribution in [0.15, 0.2) is 36.4 Å². The Morgan fingerprint density at radius 1 is 1.33 bits per heavy atom. The van der Waals surface area contributed by atoms with Gasteiger partial charge < -0.3 is 9.64 Å². The van der Waals surface area contributed by atoms with E-state index < -0.39 is 6.04 Å². The van der Waals surface area contributed by atoms with Gasteiger partial charge in [-0.25, -0.2) is 4.79 Å². The molecule has 2 aliphatic heterocycles. The zero-order valence-electron chi connectivity index (χ0n) is 12.2. The topological polar surface area (TPSA) is 46.6 Å². The van der Waals surface area contributed by atoms with Crippen molar-refractivity contribution in [2.75, 3.05) is 7.11 Å². The van der Waals surface area contributed by atoms with Crippen molar-refractivity contribution in [1.82, 2.24) is 4.90 Å². The van der Waals surface area contributed by atoms with Gasteiger partial charge in [0.2, 0.25) is 0 Å². The van der Waals surface area contributed by atoms with E-state index in [1.54, 1.807) is 4.90 Å². The Morgan fingerprint density at radius 3 is 2.86 bits per heavy atom. The van der Waals surface area contributed by atoms with Crippen LogP contribution < -0.4 is 0 Å². The number of amides is 1. The summed E-state index contributed by atoms with van der Waals surface area (Å²) in [5.41, 5.74) is 2.81. The number of carbonyl (C=O) groups is 2. The van der Waals surface area contributed by atoms with Crippen molar-refractivity contribution in [3.8, 4) is 0 Å². The first kappa shape index (κ1) is 13.9. The molecular weight excluding hydrogens is 266 g/mol. The van der Waals surface area contributed by atoms with Gasteiger partial charge in [0, 0.05) is 12.0 Å². The molecule has 1 aromatic rings. The third kappa shape index (κ3) is 2.24. The highest BCUT2D eigenvalue weighted by atomic mass is 16.5. The summed E-state index contributed by atoms with van der Waals surface area (Å²) in [4.78, 5) is 26.4. The normalized spacial score (nSPS) is 24.9. The maximum absolute atomic E-state index is 12.7. The number of methoxy groups -OCH3 is 1. The number of carbonyl (C=O) groups excluding carboxylic acids is 2. The highest BCUT2D eigenvalue weighted by Crippen LogP contribution is 2.40. The zero-order valence-corrected chi connectivity index (χ0v) is 12.2. The first-order valence-electron chi connectivity index (χ1n) is 7.29. The van der Waals surface area contributed by atoms with Gasteiger partial charge in [-0.2, -0.15) is 0 Å². The number of ether oxygens (including phenoxy) is 1. The molecule has 0 N–H and O–H groups in total. The van der Waals surface area contributed by atoms with Crippen LogP contribution in [-0.4, -0.2) is 29.9 Å². The molecule has 0 spiro atoms. The van der Waals surface area contributed by atoms with Crippen LogP contribution in [0.1, 0.15) is 36.4 Å². The van der Waals surface area contributed by atoms with Gasteiger partial charge in [0.05, 0.1) is 13.2 Å². The number of piperidine rings is 1. The number of hydrogen-bond donors (Lipinski definition) is 0. The predicted octanol–water partition coefficient (Wildman–Crippen LogP) is 2.39. The fourth-order valence-electron chi connectivity index (χ4n) is 3.46. The van der Waals surface area contributed by atoms with E-state index >= 15 is 0 Å². The summed E-state index contributed by atoms with van der Waals surface area (Å²) in [5.74, 6) is -0.452. The SMILES string of the molecule is C=C1Cc2ccccc2C2CCC[C@@H](C(=O)OC)N2C1=O. The van der Waals surface area contributed by atoms with E-state index in [1.165, 1.54) is 7.11 Å². The van der Waals surface area contributed by atoms with Gasteiger partial charge >= 0.3 is 5.97 Å². The first-order valence-corrected chi connectivity index (χ1v) is 7.29. The molecular formula is C17H19NO3. The Bertz CT molecular complexity index is 608. The Balaban J connectivity index is 2.09. The van der Waals surface area contributed by atoms with Gasteiger partial charge in [0.15, 0.2) is 0 Å². The van der Waals surface area contributed by atoms with E-state index in [0.29, 0.717) is 18.4 Å². The van der Waals surface area contributed by atoms with Crippen molar-refractivity contribution >= 4 is 11.9 Å². The maximum atomic E-state index is 12.7. The number of benzene rings is 1. The number of rotatable bonds is 1. The smallest absolute Gasteiger partial charge is 0.328 e. The van der Waals surface area contributed by atoms with E-state index in [1.807, 2.05) is 18.2 Å². The summed E-state index contributed by atoms with van der Waals surface area (Å²) < 4.78 is 4.89. The molecule has 0 radical (unpaired) electrons. The van der Waals surface area contributed by atoms with Crippen molar-refractivity contribution < 1.29 is 14.3 Å². The lowest BCUT2D eigenvalue weighted by atomic mass is 9.89. The molecule has 4 nitrogen and oxygen atoms in total. The van der Waals surface area contributed by atoms with E-state index in [9.17, 15) is 9.59 Å². The first-order chi connectivity index (χ1) is 10.1. The Hall–Kier alpha value is -2.10. The minimum atomic E-state index is -0.496. The lowest BCUT2D eigenvalue weighted by molar-refractivity contribution is -0.156. The summed E-state index contributed by atoms with van der Waals surface area (Å²) >= 11 is 0. The second-order valence-electron chi connectivity index (χ2n) is 5.68.